The van der Waals surface area contributed by atoms with Gasteiger partial charge in [0.05, 0.1) is 6.04 Å². The molecule has 10 heavy (non-hydrogen) atoms. The molecule has 1 amide bonds. The average molecular weight is 143 g/mol. The second kappa shape index (κ2) is 4.04. The molecule has 0 unspecified atom stereocenters. The van der Waals surface area contributed by atoms with E-state index in [2.05, 4.69) is 5.32 Å². The van der Waals surface area contributed by atoms with E-state index < -0.39 is 0 Å². The van der Waals surface area contributed by atoms with Crippen LogP contribution in [0.4, 0.5) is 0 Å². The predicted octanol–water partition coefficient (Wildman–Crippen LogP) is 0.490. The number of hydrogen-bond donors (Lipinski definition) is 1. The number of hydrogen-bond acceptors (Lipinski definition) is 2. The van der Waals surface area contributed by atoms with Crippen LogP contribution in [-0.2, 0) is 9.59 Å². The van der Waals surface area contributed by atoms with Crippen molar-refractivity contribution >= 4 is 11.7 Å². The van der Waals surface area contributed by atoms with Gasteiger partial charge in [0, 0.05) is 6.42 Å². The Bertz CT molecular complexity index is 143. The van der Waals surface area contributed by atoms with Crippen molar-refractivity contribution in [1.82, 2.24) is 5.32 Å². The summed E-state index contributed by atoms with van der Waals surface area (Å²) in [7, 11) is 0. The molecule has 0 saturated heterocycles. The molecule has 0 heterocycles. The maximum Gasteiger partial charge on any atom is 0.220 e. The van der Waals surface area contributed by atoms with Crippen LogP contribution in [-0.4, -0.2) is 17.7 Å². The fraction of sp³-hybridized carbons (Fsp3) is 0.714. The molecule has 0 fully saturated rings. The summed E-state index contributed by atoms with van der Waals surface area (Å²) < 4.78 is 0. The number of Topliss-reactive ketones (excluding diaryl/α,β-unsaturated/α-hetero) is 1. The summed E-state index contributed by atoms with van der Waals surface area (Å²) in [6.45, 7) is 4.89. The van der Waals surface area contributed by atoms with Gasteiger partial charge >= 0.3 is 0 Å². The van der Waals surface area contributed by atoms with E-state index in [1.54, 1.807) is 13.8 Å². The lowest BCUT2D eigenvalue weighted by atomic mass is 10.2. The third-order valence-corrected chi connectivity index (χ3v) is 1.31. The first-order chi connectivity index (χ1) is 4.57. The van der Waals surface area contributed by atoms with E-state index in [4.69, 9.17) is 0 Å². The zero-order valence-corrected chi connectivity index (χ0v) is 6.60. The van der Waals surface area contributed by atoms with E-state index >= 15 is 0 Å². The molecule has 3 nitrogen and oxygen atoms in total. The van der Waals surface area contributed by atoms with Crippen LogP contribution in [0, 0.1) is 0 Å². The van der Waals surface area contributed by atoms with E-state index in [-0.39, 0.29) is 17.7 Å². The molecule has 1 N–H and O–H groups in total. The molecule has 0 radical (unpaired) electrons. The van der Waals surface area contributed by atoms with Crippen LogP contribution in [0.3, 0.4) is 0 Å². The highest BCUT2D eigenvalue weighted by molar-refractivity contribution is 5.86. The van der Waals surface area contributed by atoms with E-state index in [1.807, 2.05) is 0 Å². The number of carbonyl (C=O) groups excluding carboxylic acids is 2. The summed E-state index contributed by atoms with van der Waals surface area (Å²) >= 11 is 0. The Balaban J connectivity index is 3.68. The topological polar surface area (TPSA) is 46.2 Å². The van der Waals surface area contributed by atoms with Crippen molar-refractivity contribution in [2.75, 3.05) is 0 Å². The van der Waals surface area contributed by atoms with Crippen LogP contribution in [0.25, 0.3) is 0 Å². The Morgan fingerprint density at radius 1 is 1.50 bits per heavy atom. The van der Waals surface area contributed by atoms with Gasteiger partial charge in [0.1, 0.15) is 0 Å². The normalized spacial score (nSPS) is 12.3. The van der Waals surface area contributed by atoms with Crippen LogP contribution in [0.2, 0.25) is 0 Å². The molecule has 0 rings (SSSR count). The van der Waals surface area contributed by atoms with Crippen LogP contribution in [0.15, 0.2) is 0 Å². The maximum atomic E-state index is 10.7. The van der Waals surface area contributed by atoms with Crippen molar-refractivity contribution in [3.05, 3.63) is 0 Å². The Morgan fingerprint density at radius 3 is 2.30 bits per heavy atom. The first kappa shape index (κ1) is 9.14. The van der Waals surface area contributed by atoms with Crippen molar-refractivity contribution in [2.24, 2.45) is 0 Å². The van der Waals surface area contributed by atoms with Crippen molar-refractivity contribution in [3.8, 4) is 0 Å². The minimum absolute atomic E-state index is 0.0122. The molecule has 0 spiro atoms. The van der Waals surface area contributed by atoms with Gasteiger partial charge in [-0.2, -0.15) is 0 Å². The van der Waals surface area contributed by atoms with Crippen LogP contribution < -0.4 is 5.32 Å². The van der Waals surface area contributed by atoms with Gasteiger partial charge in [-0.25, -0.2) is 0 Å². The first-order valence-electron chi connectivity index (χ1n) is 3.37. The molecule has 0 aliphatic carbocycles. The van der Waals surface area contributed by atoms with Crippen LogP contribution in [0.5, 0.6) is 0 Å². The fourth-order valence-electron chi connectivity index (χ4n) is 0.445. The Morgan fingerprint density at radius 2 is 2.00 bits per heavy atom. The highest BCUT2D eigenvalue weighted by atomic mass is 16.2. The monoisotopic (exact) mass is 143 g/mol. The van der Waals surface area contributed by atoms with Crippen LogP contribution >= 0.6 is 0 Å². The largest absolute Gasteiger partial charge is 0.347 e. The van der Waals surface area contributed by atoms with Crippen molar-refractivity contribution < 1.29 is 9.59 Å². The summed E-state index contributed by atoms with van der Waals surface area (Å²) in [5.74, 6) is -0.0931. The molecule has 0 aromatic carbocycles. The number of nitrogens with one attached hydrogen (secondary N) is 1. The average Bonchev–Trinajstić information content (AvgIpc) is 1.87. The van der Waals surface area contributed by atoms with Crippen molar-refractivity contribution in [3.63, 3.8) is 0 Å². The van der Waals surface area contributed by atoms with Gasteiger partial charge in [-0.05, 0) is 13.8 Å². The summed E-state index contributed by atoms with van der Waals surface area (Å²) in [5, 5.41) is 2.54. The van der Waals surface area contributed by atoms with E-state index in [9.17, 15) is 9.59 Å². The summed E-state index contributed by atoms with van der Waals surface area (Å²) in [5.41, 5.74) is 0. The molecule has 0 saturated carbocycles. The zero-order valence-electron chi connectivity index (χ0n) is 6.60. The van der Waals surface area contributed by atoms with Gasteiger partial charge in [-0.1, -0.05) is 6.92 Å². The van der Waals surface area contributed by atoms with E-state index in [0.29, 0.717) is 6.42 Å². The van der Waals surface area contributed by atoms with E-state index in [0.717, 1.165) is 0 Å². The molecular formula is C7H13NO2. The SMILES string of the molecule is CCC(=O)N[C@@H](C)C(C)=O. The number of carbonyl (C=O) groups is 2. The Kier molecular flexibility index (Phi) is 3.69. The highest BCUT2D eigenvalue weighted by Crippen LogP contribution is 1.84. The summed E-state index contributed by atoms with van der Waals surface area (Å²) in [4.78, 5) is 21.2. The molecular weight excluding hydrogens is 130 g/mol. The Hall–Kier alpha value is -0.860. The van der Waals surface area contributed by atoms with Crippen molar-refractivity contribution in [1.29, 1.82) is 0 Å². The van der Waals surface area contributed by atoms with Crippen molar-refractivity contribution in [2.45, 2.75) is 33.2 Å². The molecule has 0 aromatic heterocycles. The predicted molar refractivity (Wildman–Crippen MR) is 38.6 cm³/mol. The molecule has 0 aliphatic heterocycles. The second-order valence-corrected chi connectivity index (χ2v) is 2.25. The van der Waals surface area contributed by atoms with Gasteiger partial charge in [0.25, 0.3) is 0 Å². The summed E-state index contributed by atoms with van der Waals surface area (Å²) in [6, 6.07) is -0.340. The minimum atomic E-state index is -0.340. The zero-order chi connectivity index (χ0) is 8.15. The lowest BCUT2D eigenvalue weighted by Crippen LogP contribution is -2.36. The molecule has 58 valence electrons. The second-order valence-electron chi connectivity index (χ2n) is 2.25. The smallest absolute Gasteiger partial charge is 0.220 e. The van der Waals surface area contributed by atoms with Gasteiger partial charge < -0.3 is 5.32 Å². The highest BCUT2D eigenvalue weighted by Gasteiger charge is 2.08. The molecule has 0 aliphatic rings. The maximum absolute atomic E-state index is 10.7. The number of amides is 1. The van der Waals surface area contributed by atoms with Gasteiger partial charge in [0.2, 0.25) is 5.91 Å². The van der Waals surface area contributed by atoms with E-state index in [1.165, 1.54) is 6.92 Å². The Labute approximate surface area is 60.8 Å². The van der Waals surface area contributed by atoms with Gasteiger partial charge in [-0.15, -0.1) is 0 Å². The molecule has 0 aromatic rings. The fourth-order valence-corrected chi connectivity index (χ4v) is 0.445. The number of rotatable bonds is 3. The molecule has 1 atom stereocenters. The van der Waals surface area contributed by atoms with Crippen LogP contribution in [0.1, 0.15) is 27.2 Å². The quantitative estimate of drug-likeness (QED) is 0.625. The van der Waals surface area contributed by atoms with Gasteiger partial charge in [-0.3, -0.25) is 9.59 Å². The minimum Gasteiger partial charge on any atom is -0.347 e. The third-order valence-electron chi connectivity index (χ3n) is 1.31. The first-order valence-corrected chi connectivity index (χ1v) is 3.37. The lowest BCUT2D eigenvalue weighted by Gasteiger charge is -2.08. The lowest BCUT2D eigenvalue weighted by molar-refractivity contribution is -0.126. The molecule has 0 bridgehead atoms. The standard InChI is InChI=1S/C7H13NO2/c1-4-7(10)8-5(2)6(3)9/h5H,4H2,1-3H3,(H,8,10)/t5-/m0/s1. The third kappa shape index (κ3) is 3.22. The number of ketones is 1. The molecule has 3 heteroatoms. The van der Waals surface area contributed by atoms with Gasteiger partial charge in [0.15, 0.2) is 5.78 Å². The summed E-state index contributed by atoms with van der Waals surface area (Å²) in [6.07, 6.45) is 0.428.